The van der Waals surface area contributed by atoms with Crippen molar-refractivity contribution in [2.24, 2.45) is 0 Å². The first-order valence-electron chi connectivity index (χ1n) is 4.30. The van der Waals surface area contributed by atoms with Gasteiger partial charge in [-0.25, -0.2) is 5.48 Å². The molecule has 2 radical (unpaired) electrons. The van der Waals surface area contributed by atoms with Crippen molar-refractivity contribution >= 4 is 7.85 Å². The molecule has 3 N–H and O–H groups in total. The molecule has 0 amide bonds. The second-order valence-corrected chi connectivity index (χ2v) is 3.48. The van der Waals surface area contributed by atoms with Crippen LogP contribution in [-0.2, 0) is 9.57 Å². The number of ether oxygens (including phenoxy) is 1. The van der Waals surface area contributed by atoms with Crippen LogP contribution in [0.2, 0.25) is 0 Å². The third kappa shape index (κ3) is 1.29. The summed E-state index contributed by atoms with van der Waals surface area (Å²) in [6.45, 7) is 0.282. The van der Waals surface area contributed by atoms with E-state index in [9.17, 15) is 5.11 Å². The van der Waals surface area contributed by atoms with Crippen molar-refractivity contribution in [3.05, 3.63) is 0 Å². The molecule has 2 rings (SSSR count). The Morgan fingerprint density at radius 2 is 2.38 bits per heavy atom. The zero-order valence-corrected chi connectivity index (χ0v) is 7.14. The van der Waals surface area contributed by atoms with E-state index in [0.717, 1.165) is 0 Å². The summed E-state index contributed by atoms with van der Waals surface area (Å²) < 4.78 is 5.33. The normalized spacial score (nSPS) is 50.5. The fourth-order valence-corrected chi connectivity index (χ4v) is 1.85. The molecule has 2 bridgehead atoms. The van der Waals surface area contributed by atoms with Crippen LogP contribution >= 0.6 is 0 Å². The number of hydroxylamine groups is 1. The van der Waals surface area contributed by atoms with E-state index in [-0.39, 0.29) is 6.61 Å². The van der Waals surface area contributed by atoms with Gasteiger partial charge in [-0.2, -0.15) is 0 Å². The molecule has 2 fully saturated rings. The molecule has 72 valence electrons. The van der Waals surface area contributed by atoms with E-state index in [2.05, 4.69) is 5.48 Å². The van der Waals surface area contributed by atoms with E-state index in [0.29, 0.717) is 13.0 Å². The zero-order valence-electron chi connectivity index (χ0n) is 7.14. The highest BCUT2D eigenvalue weighted by molar-refractivity contribution is 6.11. The van der Waals surface area contributed by atoms with Gasteiger partial charge in [-0.15, -0.1) is 0 Å². The van der Waals surface area contributed by atoms with Crippen LogP contribution < -0.4 is 5.48 Å². The highest BCUT2D eigenvalue weighted by Crippen LogP contribution is 2.35. The average molecular weight is 185 g/mol. The molecule has 2 aliphatic rings. The second-order valence-electron chi connectivity index (χ2n) is 3.48. The summed E-state index contributed by atoms with van der Waals surface area (Å²) in [6.07, 6.45) is -0.994. The van der Waals surface area contributed by atoms with Crippen LogP contribution in [0, 0.1) is 0 Å². The van der Waals surface area contributed by atoms with E-state index in [1.807, 2.05) is 0 Å². The molecule has 0 unspecified atom stereocenters. The minimum atomic E-state index is -0.951. The summed E-state index contributed by atoms with van der Waals surface area (Å²) >= 11 is 0. The molecule has 0 spiro atoms. The fraction of sp³-hybridized carbons (Fsp3) is 1.00. The zero-order chi connectivity index (χ0) is 9.47. The number of hydrogen-bond acceptors (Lipinski definition) is 5. The summed E-state index contributed by atoms with van der Waals surface area (Å²) in [4.78, 5) is 5.08. The van der Waals surface area contributed by atoms with Crippen molar-refractivity contribution in [3.8, 4) is 0 Å². The SMILES string of the molecule is [B][C@@H]1O[C@@]2(CO)CCNO[C@@H]1[C@@H]2O. The smallest absolute Gasteiger partial charge is 0.125 e. The molecule has 0 aromatic carbocycles. The van der Waals surface area contributed by atoms with Crippen molar-refractivity contribution in [2.75, 3.05) is 13.2 Å². The van der Waals surface area contributed by atoms with Crippen LogP contribution in [0.3, 0.4) is 0 Å². The lowest BCUT2D eigenvalue weighted by atomic mass is 9.88. The Morgan fingerprint density at radius 3 is 3.08 bits per heavy atom. The van der Waals surface area contributed by atoms with Gasteiger partial charge in [0.15, 0.2) is 0 Å². The number of aliphatic hydroxyl groups excluding tert-OH is 2. The van der Waals surface area contributed by atoms with Crippen LogP contribution in [0.1, 0.15) is 6.42 Å². The maximum Gasteiger partial charge on any atom is 0.125 e. The average Bonchev–Trinajstić information content (AvgIpc) is 2.26. The number of nitrogens with one attached hydrogen (secondary N) is 1. The summed E-state index contributed by atoms with van der Waals surface area (Å²) in [5, 5.41) is 18.9. The quantitative estimate of drug-likeness (QED) is 0.408. The van der Waals surface area contributed by atoms with Gasteiger partial charge >= 0.3 is 0 Å². The fourth-order valence-electron chi connectivity index (χ4n) is 1.85. The Hall–Kier alpha value is -0.135. The molecule has 0 aromatic rings. The van der Waals surface area contributed by atoms with E-state index in [1.165, 1.54) is 0 Å². The van der Waals surface area contributed by atoms with E-state index in [1.54, 1.807) is 0 Å². The van der Waals surface area contributed by atoms with E-state index in [4.69, 9.17) is 22.5 Å². The minimum Gasteiger partial charge on any atom is -0.393 e. The topological polar surface area (TPSA) is 71.0 Å². The molecule has 2 saturated heterocycles. The first-order valence-corrected chi connectivity index (χ1v) is 4.30. The van der Waals surface area contributed by atoms with Gasteiger partial charge in [-0.1, -0.05) is 0 Å². The van der Waals surface area contributed by atoms with Crippen LogP contribution in [0.25, 0.3) is 0 Å². The highest BCUT2D eigenvalue weighted by Gasteiger charge is 2.54. The molecular formula is C7H12BNO4. The highest BCUT2D eigenvalue weighted by atomic mass is 16.7. The molecule has 5 nitrogen and oxygen atoms in total. The second kappa shape index (κ2) is 3.22. The van der Waals surface area contributed by atoms with Crippen molar-refractivity contribution in [1.82, 2.24) is 5.48 Å². The maximum absolute atomic E-state index is 9.78. The van der Waals surface area contributed by atoms with Crippen LogP contribution in [0.4, 0.5) is 0 Å². The predicted octanol–water partition coefficient (Wildman–Crippen LogP) is -2.10. The Bertz CT molecular complexity index is 205. The summed E-state index contributed by atoms with van der Waals surface area (Å²) in [6, 6.07) is -0.685. The molecule has 0 aliphatic carbocycles. The summed E-state index contributed by atoms with van der Waals surface area (Å²) in [7, 11) is 5.58. The van der Waals surface area contributed by atoms with Gasteiger partial charge in [-0.3, -0.25) is 4.84 Å². The number of hydrogen-bond donors (Lipinski definition) is 3. The van der Waals surface area contributed by atoms with Crippen molar-refractivity contribution in [2.45, 2.75) is 30.2 Å². The first-order chi connectivity index (χ1) is 6.19. The van der Waals surface area contributed by atoms with Gasteiger partial charge in [0.2, 0.25) is 0 Å². The Labute approximate surface area is 77.4 Å². The van der Waals surface area contributed by atoms with Crippen LogP contribution in [0.5, 0.6) is 0 Å². The van der Waals surface area contributed by atoms with Gasteiger partial charge in [0.25, 0.3) is 0 Å². The van der Waals surface area contributed by atoms with Crippen LogP contribution in [0.15, 0.2) is 0 Å². The lowest BCUT2D eigenvalue weighted by molar-refractivity contribution is -0.102. The van der Waals surface area contributed by atoms with Gasteiger partial charge in [-0.05, 0) is 6.42 Å². The Kier molecular flexibility index (Phi) is 2.33. The molecule has 4 atom stereocenters. The summed E-state index contributed by atoms with van der Waals surface area (Å²) in [5.41, 5.74) is 1.72. The largest absolute Gasteiger partial charge is 0.393 e. The molecule has 6 heteroatoms. The third-order valence-corrected chi connectivity index (χ3v) is 2.68. The number of fused-ring (bicyclic) bond motifs is 2. The van der Waals surface area contributed by atoms with E-state index < -0.39 is 23.8 Å². The Balaban J connectivity index is 2.24. The van der Waals surface area contributed by atoms with Crippen molar-refractivity contribution in [3.63, 3.8) is 0 Å². The molecule has 0 aromatic heterocycles. The van der Waals surface area contributed by atoms with E-state index >= 15 is 0 Å². The molecular weight excluding hydrogens is 173 g/mol. The van der Waals surface area contributed by atoms with Gasteiger partial charge < -0.3 is 14.9 Å². The predicted molar refractivity (Wildman–Crippen MR) is 43.9 cm³/mol. The monoisotopic (exact) mass is 185 g/mol. The van der Waals surface area contributed by atoms with Crippen molar-refractivity contribution < 1.29 is 19.8 Å². The lowest BCUT2D eigenvalue weighted by Gasteiger charge is -2.28. The van der Waals surface area contributed by atoms with Crippen molar-refractivity contribution in [1.29, 1.82) is 0 Å². The molecule has 2 heterocycles. The summed E-state index contributed by atoms with van der Waals surface area (Å²) in [5.74, 6) is 0. The van der Waals surface area contributed by atoms with Gasteiger partial charge in [0.05, 0.1) is 6.61 Å². The van der Waals surface area contributed by atoms with Gasteiger partial charge in [0, 0.05) is 12.5 Å². The first kappa shape index (κ1) is 9.42. The van der Waals surface area contributed by atoms with Crippen LogP contribution in [-0.4, -0.2) is 55.0 Å². The molecule has 2 aliphatic heterocycles. The molecule has 13 heavy (non-hydrogen) atoms. The minimum absolute atomic E-state index is 0.247. The number of aliphatic hydroxyl groups is 2. The lowest BCUT2D eigenvalue weighted by Crippen LogP contribution is -2.45. The standard InChI is InChI=1S/C7H12BNO4/c8-6-4-5(11)7(3-10,12-6)1-2-9-13-4/h4-6,9-11H,1-3H2/t4-,5+,6-,7-/m1/s1. The van der Waals surface area contributed by atoms with Gasteiger partial charge in [0.1, 0.15) is 25.7 Å². The number of rotatable bonds is 1. The maximum atomic E-state index is 9.78. The molecule has 0 saturated carbocycles. The Morgan fingerprint density at radius 1 is 1.62 bits per heavy atom. The third-order valence-electron chi connectivity index (χ3n) is 2.68.